The number of rotatable bonds is 7. The van der Waals surface area contributed by atoms with Crippen LogP contribution in [-0.4, -0.2) is 29.9 Å². The van der Waals surface area contributed by atoms with Gasteiger partial charge in [-0.2, -0.15) is 0 Å². The molecule has 3 atom stereocenters. The Hall–Kier alpha value is -0.810. The summed E-state index contributed by atoms with van der Waals surface area (Å²) in [5.41, 5.74) is 5.66. The van der Waals surface area contributed by atoms with Gasteiger partial charge in [0.25, 0.3) is 0 Å². The number of nitrogens with one attached hydrogen (secondary N) is 2. The molecule has 0 rings (SSSR count). The van der Waals surface area contributed by atoms with Crippen molar-refractivity contribution in [2.75, 3.05) is 0 Å². The summed E-state index contributed by atoms with van der Waals surface area (Å²) in [4.78, 5) is 23.2. The van der Waals surface area contributed by atoms with Crippen LogP contribution in [0.1, 0.15) is 47.0 Å². The van der Waals surface area contributed by atoms with Gasteiger partial charge in [0.1, 0.15) is 6.04 Å². The van der Waals surface area contributed by atoms with Crippen LogP contribution in [0.4, 0.5) is 0 Å². The first kappa shape index (κ1) is 19.5. The quantitative estimate of drug-likeness (QED) is 0.649. The van der Waals surface area contributed by atoms with Crippen LogP contribution in [0.3, 0.4) is 0 Å². The van der Waals surface area contributed by atoms with Gasteiger partial charge in [0.15, 0.2) is 0 Å². The standard InChI is InChI=1S/C12H25N3O2.ClH/c1-5-7-10(13)12(17)15-9(4)11(16)14-8(3)6-2;/h8-10H,5-7,13H2,1-4H3,(H,14,16)(H,15,17);1H. The van der Waals surface area contributed by atoms with Gasteiger partial charge in [-0.25, -0.2) is 0 Å². The van der Waals surface area contributed by atoms with Crippen molar-refractivity contribution in [3.8, 4) is 0 Å². The predicted molar refractivity (Wildman–Crippen MR) is 75.6 cm³/mol. The van der Waals surface area contributed by atoms with E-state index in [0.717, 1.165) is 12.8 Å². The van der Waals surface area contributed by atoms with E-state index in [1.807, 2.05) is 20.8 Å². The van der Waals surface area contributed by atoms with Gasteiger partial charge in [0.2, 0.25) is 11.8 Å². The number of hydrogen-bond donors (Lipinski definition) is 3. The van der Waals surface area contributed by atoms with Gasteiger partial charge in [-0.3, -0.25) is 9.59 Å². The molecule has 0 bridgehead atoms. The first-order chi connectivity index (χ1) is 7.92. The van der Waals surface area contributed by atoms with E-state index < -0.39 is 12.1 Å². The summed E-state index contributed by atoms with van der Waals surface area (Å²) in [6.07, 6.45) is 2.34. The third-order valence-electron chi connectivity index (χ3n) is 2.69. The van der Waals surface area contributed by atoms with Crippen LogP contribution in [0, 0.1) is 0 Å². The monoisotopic (exact) mass is 279 g/mol. The topological polar surface area (TPSA) is 84.2 Å². The van der Waals surface area contributed by atoms with Crippen molar-refractivity contribution >= 4 is 24.2 Å². The van der Waals surface area contributed by atoms with E-state index >= 15 is 0 Å². The number of halogens is 1. The van der Waals surface area contributed by atoms with Crippen LogP contribution < -0.4 is 16.4 Å². The highest BCUT2D eigenvalue weighted by Crippen LogP contribution is 1.95. The van der Waals surface area contributed by atoms with E-state index in [4.69, 9.17) is 5.73 Å². The largest absolute Gasteiger partial charge is 0.352 e. The molecule has 108 valence electrons. The molecular formula is C12H26ClN3O2. The molecule has 0 heterocycles. The Bertz CT molecular complexity index is 262. The molecular weight excluding hydrogens is 254 g/mol. The van der Waals surface area contributed by atoms with Crippen LogP contribution in [0.25, 0.3) is 0 Å². The lowest BCUT2D eigenvalue weighted by atomic mass is 10.1. The summed E-state index contributed by atoms with van der Waals surface area (Å²) in [6.45, 7) is 7.54. The highest BCUT2D eigenvalue weighted by molar-refractivity contribution is 5.89. The molecule has 3 unspecified atom stereocenters. The molecule has 5 nitrogen and oxygen atoms in total. The molecule has 0 aromatic heterocycles. The van der Waals surface area contributed by atoms with E-state index in [-0.39, 0.29) is 30.3 Å². The fourth-order valence-electron chi connectivity index (χ4n) is 1.30. The van der Waals surface area contributed by atoms with E-state index in [9.17, 15) is 9.59 Å². The van der Waals surface area contributed by atoms with Crippen molar-refractivity contribution in [3.63, 3.8) is 0 Å². The zero-order valence-electron chi connectivity index (χ0n) is 11.7. The first-order valence-electron chi connectivity index (χ1n) is 6.28. The Morgan fingerprint density at radius 1 is 1.11 bits per heavy atom. The van der Waals surface area contributed by atoms with E-state index in [0.29, 0.717) is 6.42 Å². The molecule has 0 saturated carbocycles. The van der Waals surface area contributed by atoms with Gasteiger partial charge < -0.3 is 16.4 Å². The summed E-state index contributed by atoms with van der Waals surface area (Å²) in [6, 6.07) is -0.954. The van der Waals surface area contributed by atoms with E-state index in [1.54, 1.807) is 6.92 Å². The Labute approximate surface area is 116 Å². The number of nitrogens with two attached hydrogens (primary N) is 1. The molecule has 4 N–H and O–H groups in total. The Morgan fingerprint density at radius 3 is 2.11 bits per heavy atom. The van der Waals surface area contributed by atoms with Gasteiger partial charge in [-0.05, 0) is 26.7 Å². The fourth-order valence-corrected chi connectivity index (χ4v) is 1.30. The normalized spacial score (nSPS) is 14.9. The highest BCUT2D eigenvalue weighted by Gasteiger charge is 2.19. The summed E-state index contributed by atoms with van der Waals surface area (Å²) in [5.74, 6) is -0.435. The smallest absolute Gasteiger partial charge is 0.242 e. The van der Waals surface area contributed by atoms with Gasteiger partial charge in [0, 0.05) is 6.04 Å². The fraction of sp³-hybridized carbons (Fsp3) is 0.833. The second-order valence-corrected chi connectivity index (χ2v) is 4.44. The Balaban J connectivity index is 0. The summed E-state index contributed by atoms with van der Waals surface area (Å²) >= 11 is 0. The van der Waals surface area contributed by atoms with E-state index in [1.165, 1.54) is 0 Å². The lowest BCUT2D eigenvalue weighted by Crippen LogP contribution is -2.51. The molecule has 0 aromatic carbocycles. The third kappa shape index (κ3) is 7.50. The van der Waals surface area contributed by atoms with Gasteiger partial charge in [-0.1, -0.05) is 20.3 Å². The number of hydrogen-bond acceptors (Lipinski definition) is 3. The zero-order valence-corrected chi connectivity index (χ0v) is 12.5. The Morgan fingerprint density at radius 2 is 1.67 bits per heavy atom. The van der Waals surface area contributed by atoms with Gasteiger partial charge in [-0.15, -0.1) is 12.4 Å². The van der Waals surface area contributed by atoms with Crippen LogP contribution in [0.2, 0.25) is 0 Å². The van der Waals surface area contributed by atoms with Crippen molar-refractivity contribution in [3.05, 3.63) is 0 Å². The minimum Gasteiger partial charge on any atom is -0.352 e. The molecule has 18 heavy (non-hydrogen) atoms. The van der Waals surface area contributed by atoms with Crippen LogP contribution >= 0.6 is 12.4 Å². The predicted octanol–water partition coefficient (Wildman–Crippen LogP) is 0.955. The molecule has 0 fully saturated rings. The van der Waals surface area contributed by atoms with Gasteiger partial charge >= 0.3 is 0 Å². The number of carbonyl (C=O) groups excluding carboxylic acids is 2. The van der Waals surface area contributed by atoms with Crippen molar-refractivity contribution in [1.29, 1.82) is 0 Å². The van der Waals surface area contributed by atoms with Crippen molar-refractivity contribution < 1.29 is 9.59 Å². The van der Waals surface area contributed by atoms with Crippen molar-refractivity contribution in [2.45, 2.75) is 65.1 Å². The molecule has 6 heteroatoms. The zero-order chi connectivity index (χ0) is 13.4. The number of amides is 2. The van der Waals surface area contributed by atoms with Crippen LogP contribution in [-0.2, 0) is 9.59 Å². The summed E-state index contributed by atoms with van der Waals surface area (Å²) in [7, 11) is 0. The summed E-state index contributed by atoms with van der Waals surface area (Å²) < 4.78 is 0. The molecule has 2 amide bonds. The van der Waals surface area contributed by atoms with Crippen molar-refractivity contribution in [1.82, 2.24) is 10.6 Å². The maximum Gasteiger partial charge on any atom is 0.242 e. The lowest BCUT2D eigenvalue weighted by Gasteiger charge is -2.19. The molecule has 0 aromatic rings. The lowest BCUT2D eigenvalue weighted by molar-refractivity contribution is -0.129. The van der Waals surface area contributed by atoms with Crippen molar-refractivity contribution in [2.24, 2.45) is 5.73 Å². The average molecular weight is 280 g/mol. The molecule has 0 saturated heterocycles. The SMILES string of the molecule is CCCC(N)C(=O)NC(C)C(=O)NC(C)CC.Cl. The highest BCUT2D eigenvalue weighted by atomic mass is 35.5. The van der Waals surface area contributed by atoms with Crippen LogP contribution in [0.15, 0.2) is 0 Å². The molecule has 0 aliphatic rings. The maximum absolute atomic E-state index is 11.7. The second-order valence-electron chi connectivity index (χ2n) is 4.44. The number of carbonyl (C=O) groups is 2. The van der Waals surface area contributed by atoms with Crippen LogP contribution in [0.5, 0.6) is 0 Å². The minimum absolute atomic E-state index is 0. The maximum atomic E-state index is 11.7. The average Bonchev–Trinajstić information content (AvgIpc) is 2.28. The minimum atomic E-state index is -0.542. The second kappa shape index (κ2) is 10.1. The summed E-state index contributed by atoms with van der Waals surface area (Å²) in [5, 5.41) is 5.43. The third-order valence-corrected chi connectivity index (χ3v) is 2.69. The van der Waals surface area contributed by atoms with E-state index in [2.05, 4.69) is 10.6 Å². The molecule has 0 radical (unpaired) electrons. The molecule has 0 spiro atoms. The molecule has 0 aliphatic carbocycles. The van der Waals surface area contributed by atoms with Gasteiger partial charge in [0.05, 0.1) is 6.04 Å². The molecule has 0 aliphatic heterocycles. The first-order valence-corrected chi connectivity index (χ1v) is 6.28. The Kier molecular flexibility index (Phi) is 11.0.